The molecule has 2 atom stereocenters. The first kappa shape index (κ1) is 28.2. The van der Waals surface area contributed by atoms with Crippen molar-refractivity contribution in [1.82, 2.24) is 19.9 Å². The number of pyridine rings is 1. The van der Waals surface area contributed by atoms with Gasteiger partial charge in [0.05, 0.1) is 32.6 Å². The highest BCUT2D eigenvalue weighted by atomic mass is 35.5. The fourth-order valence-electron chi connectivity index (χ4n) is 5.34. The second-order valence-corrected chi connectivity index (χ2v) is 11.2. The van der Waals surface area contributed by atoms with Crippen LogP contribution in [-0.4, -0.2) is 50.6 Å². The van der Waals surface area contributed by atoms with Crippen LogP contribution in [0, 0.1) is 0 Å². The van der Waals surface area contributed by atoms with Gasteiger partial charge in [0.15, 0.2) is 0 Å². The highest BCUT2D eigenvalue weighted by molar-refractivity contribution is 7.81. The zero-order chi connectivity index (χ0) is 29.2. The minimum absolute atomic E-state index is 0.111. The zero-order valence-electron chi connectivity index (χ0n) is 23.0. The van der Waals surface area contributed by atoms with E-state index in [-0.39, 0.29) is 11.7 Å². The molecule has 3 N–H and O–H groups in total. The maximum Gasteiger partial charge on any atom is 0.250 e. The summed E-state index contributed by atoms with van der Waals surface area (Å²) in [4.78, 5) is 21.6. The Hall–Kier alpha value is -3.89. The van der Waals surface area contributed by atoms with E-state index in [0.717, 1.165) is 53.7 Å². The molecule has 1 aliphatic carbocycles. The number of primary amides is 1. The third kappa shape index (κ3) is 5.73. The molecule has 214 valence electrons. The maximum absolute atomic E-state index is 12.4. The Morgan fingerprint density at radius 3 is 2.76 bits per heavy atom. The molecular weight excluding hydrogens is 570 g/mol. The Labute approximate surface area is 254 Å². The quantitative estimate of drug-likeness (QED) is 0.252. The molecule has 0 radical (unpaired) electrons. The average molecular weight is 600 g/mol. The average Bonchev–Trinajstić information content (AvgIpc) is 3.43. The van der Waals surface area contributed by atoms with Gasteiger partial charge in [-0.1, -0.05) is 48.1 Å². The third-order valence-electron chi connectivity index (χ3n) is 7.59. The predicted octanol–water partition coefficient (Wildman–Crippen LogP) is 5.67. The lowest BCUT2D eigenvalue weighted by Crippen LogP contribution is -2.34. The van der Waals surface area contributed by atoms with Crippen molar-refractivity contribution in [3.8, 4) is 16.9 Å². The largest absolute Gasteiger partial charge is 0.489 e. The van der Waals surface area contributed by atoms with Crippen LogP contribution >= 0.6 is 23.8 Å². The van der Waals surface area contributed by atoms with Gasteiger partial charge in [0.2, 0.25) is 5.91 Å². The van der Waals surface area contributed by atoms with Gasteiger partial charge in [-0.05, 0) is 74.8 Å². The number of aromatic nitrogens is 3. The van der Waals surface area contributed by atoms with E-state index in [2.05, 4.69) is 15.3 Å². The summed E-state index contributed by atoms with van der Waals surface area (Å²) in [6.45, 7) is 3.74. The maximum atomic E-state index is 12.4. The molecule has 4 aromatic rings. The number of hydrogen-bond donors (Lipinski definition) is 2. The fraction of sp³-hybridized carbons (Fsp3) is 0.250. The van der Waals surface area contributed by atoms with Crippen molar-refractivity contribution in [1.29, 1.82) is 0 Å². The molecule has 2 aromatic carbocycles. The van der Waals surface area contributed by atoms with Crippen molar-refractivity contribution in [2.45, 2.75) is 38.1 Å². The number of fused-ring (bicyclic) bond motifs is 1. The predicted molar refractivity (Wildman–Crippen MR) is 168 cm³/mol. The van der Waals surface area contributed by atoms with E-state index in [9.17, 15) is 4.79 Å². The van der Waals surface area contributed by atoms with E-state index in [0.29, 0.717) is 21.3 Å². The minimum Gasteiger partial charge on any atom is -0.489 e. The van der Waals surface area contributed by atoms with Crippen molar-refractivity contribution < 1.29 is 14.3 Å². The molecule has 3 heterocycles. The number of amides is 1. The molecular formula is C32H30ClN5O3S. The number of thiocarbonyl (C=S) groups is 1. The lowest BCUT2D eigenvalue weighted by Gasteiger charge is -2.27. The Balaban J connectivity index is 1.29. The van der Waals surface area contributed by atoms with Gasteiger partial charge in [0.25, 0.3) is 0 Å². The van der Waals surface area contributed by atoms with Gasteiger partial charge in [-0.3, -0.25) is 14.3 Å². The second kappa shape index (κ2) is 12.1. The van der Waals surface area contributed by atoms with Crippen LogP contribution in [0.5, 0.6) is 5.75 Å². The number of ether oxygens (including phenoxy) is 2. The minimum atomic E-state index is -0.699. The van der Waals surface area contributed by atoms with Crippen molar-refractivity contribution >= 4 is 51.3 Å². The topological polar surface area (TPSA) is 104 Å². The number of halogens is 1. The molecule has 2 aromatic heterocycles. The molecule has 2 aliphatic rings. The summed E-state index contributed by atoms with van der Waals surface area (Å²) in [6.07, 6.45) is 9.64. The highest BCUT2D eigenvalue weighted by Gasteiger charge is 2.29. The molecule has 8 nitrogen and oxygen atoms in total. The number of piperidine rings is 1. The van der Waals surface area contributed by atoms with E-state index in [4.69, 9.17) is 39.0 Å². The number of rotatable bonds is 8. The monoisotopic (exact) mass is 599 g/mol. The van der Waals surface area contributed by atoms with Gasteiger partial charge in [-0.15, -0.1) is 0 Å². The molecule has 1 saturated heterocycles. The second-order valence-electron chi connectivity index (χ2n) is 10.4. The molecule has 1 amide bonds. The van der Waals surface area contributed by atoms with E-state index in [1.807, 2.05) is 72.3 Å². The first-order valence-electron chi connectivity index (χ1n) is 13.9. The van der Waals surface area contributed by atoms with E-state index < -0.39 is 18.1 Å². The Kier molecular flexibility index (Phi) is 8.17. The van der Waals surface area contributed by atoms with Crippen molar-refractivity contribution in [2.24, 2.45) is 5.73 Å². The van der Waals surface area contributed by atoms with Gasteiger partial charge in [-0.2, -0.15) is 0 Å². The number of carbonyl (C=O) groups excluding carboxylic acids is 1. The van der Waals surface area contributed by atoms with Crippen LogP contribution < -0.4 is 15.8 Å². The van der Waals surface area contributed by atoms with E-state index >= 15 is 0 Å². The standard InChI is InChI=1S/C32H30ClN5O3S/c1-19(24-5-2-6-28(30(24)33)41-23-9-12-35-13-10-23)40-29-16-22(15-25(31(29)42)32(34)39)38-18-37-26-14-20(7-8-27(26)38)21-4-3-11-36-17-21/h2-8,11,14-19,23,29,35H,9-10,12-13H2,1H3,(H2,34,39)/t19-,29?/m1/s1. The Morgan fingerprint density at radius 1 is 1.17 bits per heavy atom. The smallest absolute Gasteiger partial charge is 0.250 e. The number of nitrogens with zero attached hydrogens (tertiary/aromatic N) is 3. The SMILES string of the molecule is C[C@@H](OC1C=C(n2cnc3cc(-c4cccnc4)ccc32)C=C(C(N)=O)C1=S)c1cccc(OC2CCNCC2)c1Cl. The molecule has 1 unspecified atom stereocenters. The Morgan fingerprint density at radius 2 is 2.00 bits per heavy atom. The summed E-state index contributed by atoms with van der Waals surface area (Å²) < 4.78 is 14.6. The van der Waals surface area contributed by atoms with E-state index in [1.54, 1.807) is 18.6 Å². The summed E-state index contributed by atoms with van der Waals surface area (Å²) in [5.74, 6) is 0.0118. The summed E-state index contributed by atoms with van der Waals surface area (Å²) in [5, 5.41) is 3.85. The number of carbonyl (C=O) groups is 1. The number of nitrogens with two attached hydrogens (primary N) is 1. The van der Waals surface area contributed by atoms with Crippen LogP contribution in [0.25, 0.3) is 27.9 Å². The van der Waals surface area contributed by atoms with Crippen LogP contribution in [0.3, 0.4) is 0 Å². The third-order valence-corrected chi connectivity index (χ3v) is 8.44. The highest BCUT2D eigenvalue weighted by Crippen LogP contribution is 2.36. The molecule has 10 heteroatoms. The van der Waals surface area contributed by atoms with Gasteiger partial charge in [-0.25, -0.2) is 4.98 Å². The number of benzene rings is 2. The summed E-state index contributed by atoms with van der Waals surface area (Å²) in [6, 6.07) is 15.6. The van der Waals surface area contributed by atoms with Crippen LogP contribution in [0.4, 0.5) is 0 Å². The van der Waals surface area contributed by atoms with Crippen LogP contribution in [0.2, 0.25) is 5.02 Å². The van der Waals surface area contributed by atoms with Gasteiger partial charge < -0.3 is 20.5 Å². The first-order valence-corrected chi connectivity index (χ1v) is 14.6. The summed E-state index contributed by atoms with van der Waals surface area (Å²) >= 11 is 12.5. The number of allylic oxidation sites excluding steroid dienone is 2. The number of hydrogen-bond acceptors (Lipinski definition) is 7. The van der Waals surface area contributed by atoms with Gasteiger partial charge in [0, 0.05) is 29.2 Å². The van der Waals surface area contributed by atoms with Gasteiger partial charge in [0.1, 0.15) is 24.3 Å². The van der Waals surface area contributed by atoms with Gasteiger partial charge >= 0.3 is 0 Å². The van der Waals surface area contributed by atoms with Crippen LogP contribution in [0.1, 0.15) is 31.4 Å². The van der Waals surface area contributed by atoms with Crippen LogP contribution in [-0.2, 0) is 9.53 Å². The van der Waals surface area contributed by atoms with Crippen molar-refractivity contribution in [3.63, 3.8) is 0 Å². The lowest BCUT2D eigenvalue weighted by molar-refractivity contribution is -0.114. The van der Waals surface area contributed by atoms with E-state index in [1.165, 1.54) is 0 Å². The number of nitrogens with one attached hydrogen (secondary N) is 1. The molecule has 42 heavy (non-hydrogen) atoms. The van der Waals surface area contributed by atoms with Crippen LogP contribution in [0.15, 0.2) is 85.0 Å². The van der Waals surface area contributed by atoms with Crippen molar-refractivity contribution in [3.05, 3.63) is 95.6 Å². The fourth-order valence-corrected chi connectivity index (χ4v) is 5.95. The normalized spacial score (nSPS) is 18.4. The Bertz CT molecular complexity index is 1710. The molecule has 6 rings (SSSR count). The number of imidazole rings is 1. The van der Waals surface area contributed by atoms with Crippen molar-refractivity contribution in [2.75, 3.05) is 13.1 Å². The molecule has 0 spiro atoms. The summed E-state index contributed by atoms with van der Waals surface area (Å²) in [5.41, 5.74) is 11.1. The molecule has 0 saturated carbocycles. The first-order chi connectivity index (χ1) is 20.4. The molecule has 0 bridgehead atoms. The zero-order valence-corrected chi connectivity index (χ0v) is 24.6. The molecule has 1 fully saturated rings. The summed E-state index contributed by atoms with van der Waals surface area (Å²) in [7, 11) is 0. The lowest BCUT2D eigenvalue weighted by atomic mass is 9.98. The molecule has 1 aliphatic heterocycles.